The van der Waals surface area contributed by atoms with Crippen LogP contribution in [0.4, 0.5) is 10.1 Å². The van der Waals surface area contributed by atoms with Gasteiger partial charge in [0.2, 0.25) is 5.91 Å². The Morgan fingerprint density at radius 2 is 2.25 bits per heavy atom. The van der Waals surface area contributed by atoms with Crippen molar-refractivity contribution in [1.82, 2.24) is 9.03 Å². The summed E-state index contributed by atoms with van der Waals surface area (Å²) >= 11 is 7.15. The van der Waals surface area contributed by atoms with Crippen molar-refractivity contribution in [2.75, 3.05) is 25.6 Å². The summed E-state index contributed by atoms with van der Waals surface area (Å²) in [6.45, 7) is 0.393. The number of anilines is 1. The fraction of sp³-hybridized carbons (Fsp3) is 0.353. The predicted molar refractivity (Wildman–Crippen MR) is 106 cm³/mol. The number of hydrogen-bond acceptors (Lipinski definition) is 5. The quantitative estimate of drug-likeness (QED) is 0.712. The summed E-state index contributed by atoms with van der Waals surface area (Å²) < 4.78 is 47.6. The van der Waals surface area contributed by atoms with Crippen LogP contribution in [0.1, 0.15) is 17.3 Å². The first-order valence-electron chi connectivity index (χ1n) is 8.39. The number of methoxy groups -OCH3 is 1. The number of benzene rings is 1. The van der Waals surface area contributed by atoms with Crippen molar-refractivity contribution in [2.45, 2.75) is 18.5 Å². The van der Waals surface area contributed by atoms with Gasteiger partial charge in [0, 0.05) is 24.2 Å². The number of ether oxygens (including phenoxy) is 1. The summed E-state index contributed by atoms with van der Waals surface area (Å²) in [6, 6.07) is 5.95. The van der Waals surface area contributed by atoms with Gasteiger partial charge in [0.15, 0.2) is 0 Å². The van der Waals surface area contributed by atoms with E-state index < -0.39 is 34.0 Å². The molecule has 1 fully saturated rings. The van der Waals surface area contributed by atoms with Gasteiger partial charge in [0.1, 0.15) is 11.9 Å². The van der Waals surface area contributed by atoms with E-state index in [9.17, 15) is 17.6 Å². The van der Waals surface area contributed by atoms with E-state index in [0.29, 0.717) is 0 Å². The van der Waals surface area contributed by atoms with Crippen molar-refractivity contribution in [3.8, 4) is 0 Å². The standard InChI is InChI=1S/C17H19ClFN3O4S2/c1-26-7-6-22-15(16-3-2-8-27-16)10-14(21-28(22,24)25)17(23)20-11-4-5-13(19)12(18)9-11/h2-5,8-9,14-15,21H,6-7,10H2,1H3,(H,20,23)/t14-,15+/m1/s1. The molecule has 2 N–H and O–H groups in total. The Kier molecular flexibility index (Phi) is 6.69. The first kappa shape index (κ1) is 21.2. The molecule has 0 bridgehead atoms. The van der Waals surface area contributed by atoms with Gasteiger partial charge in [-0.05, 0) is 36.1 Å². The fourth-order valence-corrected chi connectivity index (χ4v) is 5.61. The molecule has 7 nitrogen and oxygen atoms in total. The molecule has 0 spiro atoms. The first-order chi connectivity index (χ1) is 13.3. The van der Waals surface area contributed by atoms with Crippen molar-refractivity contribution >= 4 is 44.7 Å². The molecule has 0 saturated carbocycles. The Morgan fingerprint density at radius 1 is 1.46 bits per heavy atom. The zero-order chi connectivity index (χ0) is 20.3. The molecule has 28 heavy (non-hydrogen) atoms. The summed E-state index contributed by atoms with van der Waals surface area (Å²) in [4.78, 5) is 13.5. The monoisotopic (exact) mass is 447 g/mol. The Hall–Kier alpha value is -1.56. The summed E-state index contributed by atoms with van der Waals surface area (Å²) in [5.41, 5.74) is 0.282. The van der Waals surface area contributed by atoms with Crippen LogP contribution in [0.2, 0.25) is 5.02 Å². The molecule has 1 aromatic carbocycles. The summed E-state index contributed by atoms with van der Waals surface area (Å²) in [7, 11) is -2.41. The molecule has 0 radical (unpaired) electrons. The van der Waals surface area contributed by atoms with Crippen LogP contribution in [0.5, 0.6) is 0 Å². The van der Waals surface area contributed by atoms with E-state index in [-0.39, 0.29) is 30.3 Å². The van der Waals surface area contributed by atoms with Crippen LogP contribution in [-0.4, -0.2) is 44.9 Å². The van der Waals surface area contributed by atoms with Crippen molar-refractivity contribution < 1.29 is 22.3 Å². The molecule has 1 aromatic heterocycles. The summed E-state index contributed by atoms with van der Waals surface area (Å²) in [6.07, 6.45) is 0.240. The minimum absolute atomic E-state index is 0.135. The second-order valence-electron chi connectivity index (χ2n) is 6.16. The lowest BCUT2D eigenvalue weighted by atomic mass is 10.0. The minimum atomic E-state index is -3.91. The third-order valence-corrected chi connectivity index (χ3v) is 7.20. The van der Waals surface area contributed by atoms with Gasteiger partial charge < -0.3 is 10.1 Å². The van der Waals surface area contributed by atoms with Gasteiger partial charge in [-0.25, -0.2) is 4.39 Å². The maximum absolute atomic E-state index is 13.3. The molecule has 2 heterocycles. The van der Waals surface area contributed by atoms with Crippen LogP contribution in [0, 0.1) is 5.82 Å². The van der Waals surface area contributed by atoms with Crippen molar-refractivity contribution in [3.63, 3.8) is 0 Å². The van der Waals surface area contributed by atoms with E-state index >= 15 is 0 Å². The Morgan fingerprint density at radius 3 is 2.89 bits per heavy atom. The zero-order valence-electron chi connectivity index (χ0n) is 14.9. The highest BCUT2D eigenvalue weighted by Gasteiger charge is 2.42. The molecular weight excluding hydrogens is 429 g/mol. The Labute approximate surface area is 171 Å². The number of carbonyl (C=O) groups excluding carboxylic acids is 1. The number of rotatable bonds is 6. The molecule has 2 aromatic rings. The van der Waals surface area contributed by atoms with E-state index in [1.165, 1.54) is 34.9 Å². The fourth-order valence-electron chi connectivity index (χ4n) is 2.96. The lowest BCUT2D eigenvalue weighted by Gasteiger charge is -2.38. The molecule has 11 heteroatoms. The predicted octanol–water partition coefficient (Wildman–Crippen LogP) is 2.78. The van der Waals surface area contributed by atoms with Gasteiger partial charge >= 0.3 is 0 Å². The largest absolute Gasteiger partial charge is 0.383 e. The second kappa shape index (κ2) is 8.85. The van der Waals surface area contributed by atoms with E-state index in [2.05, 4.69) is 10.0 Å². The smallest absolute Gasteiger partial charge is 0.280 e. The highest BCUT2D eigenvalue weighted by atomic mass is 35.5. The molecule has 2 atom stereocenters. The normalized spacial score (nSPS) is 22.1. The lowest BCUT2D eigenvalue weighted by Crippen LogP contribution is -2.57. The maximum atomic E-state index is 13.3. The van der Waals surface area contributed by atoms with E-state index in [1.807, 2.05) is 17.5 Å². The van der Waals surface area contributed by atoms with Gasteiger partial charge in [-0.1, -0.05) is 17.7 Å². The molecular formula is C17H19ClFN3O4S2. The number of nitrogens with one attached hydrogen (secondary N) is 2. The van der Waals surface area contributed by atoms with Crippen LogP contribution in [0.25, 0.3) is 0 Å². The van der Waals surface area contributed by atoms with Crippen LogP contribution in [-0.2, 0) is 19.7 Å². The molecule has 1 aliphatic rings. The van der Waals surface area contributed by atoms with E-state index in [0.717, 1.165) is 10.9 Å². The van der Waals surface area contributed by atoms with Gasteiger partial charge in [-0.2, -0.15) is 17.4 Å². The maximum Gasteiger partial charge on any atom is 0.280 e. The molecule has 0 unspecified atom stereocenters. The van der Waals surface area contributed by atoms with Crippen molar-refractivity contribution in [2.24, 2.45) is 0 Å². The van der Waals surface area contributed by atoms with Crippen LogP contribution >= 0.6 is 22.9 Å². The lowest BCUT2D eigenvalue weighted by molar-refractivity contribution is -0.118. The Balaban J connectivity index is 1.82. The molecule has 1 aliphatic heterocycles. The average molecular weight is 448 g/mol. The molecule has 3 rings (SSSR count). The second-order valence-corrected chi connectivity index (χ2v) is 9.21. The van der Waals surface area contributed by atoms with E-state index in [4.69, 9.17) is 16.3 Å². The topological polar surface area (TPSA) is 87.7 Å². The number of carbonyl (C=O) groups is 1. The van der Waals surface area contributed by atoms with Gasteiger partial charge in [0.25, 0.3) is 10.2 Å². The summed E-state index contributed by atoms with van der Waals surface area (Å²) in [5.74, 6) is -1.15. The molecule has 1 amide bonds. The van der Waals surface area contributed by atoms with Gasteiger partial charge in [0.05, 0.1) is 17.7 Å². The van der Waals surface area contributed by atoms with Crippen molar-refractivity contribution in [1.29, 1.82) is 0 Å². The van der Waals surface area contributed by atoms with Crippen molar-refractivity contribution in [3.05, 3.63) is 51.4 Å². The number of amides is 1. The Bertz CT molecular complexity index is 940. The van der Waals surface area contributed by atoms with Gasteiger partial charge in [-0.3, -0.25) is 4.79 Å². The highest BCUT2D eigenvalue weighted by molar-refractivity contribution is 7.87. The minimum Gasteiger partial charge on any atom is -0.383 e. The number of hydrogen-bond donors (Lipinski definition) is 2. The molecule has 1 saturated heterocycles. The average Bonchev–Trinajstić information content (AvgIpc) is 3.17. The van der Waals surface area contributed by atoms with Gasteiger partial charge in [-0.15, -0.1) is 11.3 Å². The molecule has 152 valence electrons. The zero-order valence-corrected chi connectivity index (χ0v) is 17.3. The first-order valence-corrected chi connectivity index (χ1v) is 11.1. The van der Waals surface area contributed by atoms with Crippen LogP contribution in [0.15, 0.2) is 35.7 Å². The highest BCUT2D eigenvalue weighted by Crippen LogP contribution is 2.34. The third kappa shape index (κ3) is 4.70. The third-order valence-electron chi connectivity index (χ3n) is 4.30. The number of nitrogens with zero attached hydrogens (tertiary/aromatic N) is 1. The van der Waals surface area contributed by atoms with Crippen LogP contribution in [0.3, 0.4) is 0 Å². The SMILES string of the molecule is COCCN1[C@H](c2cccs2)C[C@H](C(=O)Nc2ccc(F)c(Cl)c2)NS1(=O)=O. The molecule has 0 aliphatic carbocycles. The number of halogens is 2. The summed E-state index contributed by atoms with van der Waals surface area (Å²) in [5, 5.41) is 4.30. The van der Waals surface area contributed by atoms with E-state index in [1.54, 1.807) is 0 Å². The van der Waals surface area contributed by atoms with Crippen LogP contribution < -0.4 is 10.0 Å². The number of thiophene rings is 1.